The number of aliphatic hydroxyl groups is 1. The van der Waals surface area contributed by atoms with Crippen molar-refractivity contribution in [1.29, 1.82) is 0 Å². The number of nitrogens with one attached hydrogen (secondary N) is 1. The molecule has 0 spiro atoms. The van der Waals surface area contributed by atoms with Gasteiger partial charge < -0.3 is 15.2 Å². The maximum Gasteiger partial charge on any atom is 0.119 e. The summed E-state index contributed by atoms with van der Waals surface area (Å²) < 4.78 is 5.65. The van der Waals surface area contributed by atoms with Crippen LogP contribution in [0.15, 0.2) is 24.3 Å². The zero-order chi connectivity index (χ0) is 13.4. The molecule has 0 amide bonds. The maximum absolute atomic E-state index is 9.13. The first-order valence-corrected chi connectivity index (χ1v) is 6.68. The van der Waals surface area contributed by atoms with Crippen LogP contribution in [0.5, 0.6) is 5.75 Å². The van der Waals surface area contributed by atoms with Crippen LogP contribution in [0, 0.1) is 5.92 Å². The van der Waals surface area contributed by atoms with Crippen molar-refractivity contribution in [1.82, 2.24) is 5.32 Å². The summed E-state index contributed by atoms with van der Waals surface area (Å²) in [5.74, 6) is 1.60. The third-order valence-corrected chi connectivity index (χ3v) is 2.66. The molecule has 2 N–H and O–H groups in total. The minimum Gasteiger partial charge on any atom is -0.494 e. The number of benzene rings is 1. The van der Waals surface area contributed by atoms with Gasteiger partial charge in [0.1, 0.15) is 5.75 Å². The predicted molar refractivity (Wildman–Crippen MR) is 74.8 cm³/mol. The second-order valence-electron chi connectivity index (χ2n) is 5.15. The highest BCUT2D eigenvalue weighted by atomic mass is 16.5. The van der Waals surface area contributed by atoms with Crippen molar-refractivity contribution < 1.29 is 9.84 Å². The summed E-state index contributed by atoms with van der Waals surface area (Å²) in [7, 11) is 0. The van der Waals surface area contributed by atoms with E-state index >= 15 is 0 Å². The van der Waals surface area contributed by atoms with Crippen molar-refractivity contribution in [2.75, 3.05) is 13.2 Å². The van der Waals surface area contributed by atoms with Gasteiger partial charge in [0.15, 0.2) is 0 Å². The number of aliphatic hydroxyl groups excluding tert-OH is 1. The number of hydrogen-bond acceptors (Lipinski definition) is 3. The summed E-state index contributed by atoms with van der Waals surface area (Å²) in [6.07, 6.45) is 0.779. The van der Waals surface area contributed by atoms with E-state index < -0.39 is 0 Å². The zero-order valence-corrected chi connectivity index (χ0v) is 11.6. The van der Waals surface area contributed by atoms with E-state index in [0.717, 1.165) is 25.3 Å². The molecule has 0 bridgehead atoms. The quantitative estimate of drug-likeness (QED) is 0.746. The van der Waals surface area contributed by atoms with E-state index in [2.05, 4.69) is 31.3 Å². The number of hydrogen-bond donors (Lipinski definition) is 2. The molecule has 0 saturated heterocycles. The van der Waals surface area contributed by atoms with Gasteiger partial charge in [0.25, 0.3) is 0 Å². The molecule has 0 aliphatic rings. The Labute approximate surface area is 110 Å². The van der Waals surface area contributed by atoms with Gasteiger partial charge in [-0.3, -0.25) is 0 Å². The summed E-state index contributed by atoms with van der Waals surface area (Å²) in [5.41, 5.74) is 1.20. The first kappa shape index (κ1) is 15.0. The molecule has 18 heavy (non-hydrogen) atoms. The molecule has 3 heteroatoms. The van der Waals surface area contributed by atoms with Crippen molar-refractivity contribution in [3.05, 3.63) is 29.8 Å². The normalized spacial score (nSPS) is 12.7. The van der Waals surface area contributed by atoms with Crippen molar-refractivity contribution >= 4 is 0 Å². The zero-order valence-electron chi connectivity index (χ0n) is 11.6. The third kappa shape index (κ3) is 6.62. The summed E-state index contributed by atoms with van der Waals surface area (Å²) in [6.45, 7) is 8.33. The Morgan fingerprint density at radius 2 is 1.83 bits per heavy atom. The molecule has 1 aromatic rings. The predicted octanol–water partition coefficient (Wildman–Crippen LogP) is 2.58. The summed E-state index contributed by atoms with van der Waals surface area (Å²) in [5, 5.41) is 12.3. The van der Waals surface area contributed by atoms with Gasteiger partial charge in [0, 0.05) is 13.1 Å². The van der Waals surface area contributed by atoms with E-state index in [1.165, 1.54) is 5.56 Å². The van der Waals surface area contributed by atoms with Crippen LogP contribution < -0.4 is 10.1 Å². The van der Waals surface area contributed by atoms with Crippen LogP contribution in [0.25, 0.3) is 0 Å². The largest absolute Gasteiger partial charge is 0.494 e. The van der Waals surface area contributed by atoms with Gasteiger partial charge >= 0.3 is 0 Å². The maximum atomic E-state index is 9.13. The fraction of sp³-hybridized carbons (Fsp3) is 0.600. The molecule has 102 valence electrons. The molecule has 0 aliphatic carbocycles. The van der Waals surface area contributed by atoms with E-state index in [-0.39, 0.29) is 6.10 Å². The standard InChI is InChI=1S/C15H25NO2/c1-12(2)8-9-18-15-6-4-14(5-7-15)11-16-10-13(3)17/h4-7,12-13,16-17H,8-11H2,1-3H3. The Morgan fingerprint density at radius 3 is 2.39 bits per heavy atom. The molecular weight excluding hydrogens is 226 g/mol. The molecule has 0 fully saturated rings. The second-order valence-corrected chi connectivity index (χ2v) is 5.15. The lowest BCUT2D eigenvalue weighted by Crippen LogP contribution is -2.23. The topological polar surface area (TPSA) is 41.5 Å². The Kier molecular flexibility index (Phi) is 6.76. The fourth-order valence-electron chi connectivity index (χ4n) is 1.54. The molecule has 0 aliphatic heterocycles. The molecule has 0 aromatic heterocycles. The van der Waals surface area contributed by atoms with Crippen LogP contribution in [0.3, 0.4) is 0 Å². The van der Waals surface area contributed by atoms with Gasteiger partial charge in [-0.15, -0.1) is 0 Å². The highest BCUT2D eigenvalue weighted by Gasteiger charge is 1.99. The Bertz CT molecular complexity index is 287. The van der Waals surface area contributed by atoms with Gasteiger partial charge in [0.2, 0.25) is 0 Å². The average Bonchev–Trinajstić information content (AvgIpc) is 2.30. The summed E-state index contributed by atoms with van der Waals surface area (Å²) in [6, 6.07) is 8.11. The third-order valence-electron chi connectivity index (χ3n) is 2.66. The van der Waals surface area contributed by atoms with Crippen LogP contribution in [-0.2, 0) is 6.54 Å². The molecule has 0 heterocycles. The van der Waals surface area contributed by atoms with E-state index in [1.54, 1.807) is 6.92 Å². The van der Waals surface area contributed by atoms with E-state index in [0.29, 0.717) is 12.5 Å². The van der Waals surface area contributed by atoms with Gasteiger partial charge in [-0.2, -0.15) is 0 Å². The van der Waals surface area contributed by atoms with Gasteiger partial charge in [-0.1, -0.05) is 26.0 Å². The minimum atomic E-state index is -0.302. The van der Waals surface area contributed by atoms with E-state index in [4.69, 9.17) is 9.84 Å². The van der Waals surface area contributed by atoms with Crippen LogP contribution in [0.2, 0.25) is 0 Å². The molecular formula is C15H25NO2. The van der Waals surface area contributed by atoms with Gasteiger partial charge in [-0.05, 0) is 37.0 Å². The van der Waals surface area contributed by atoms with Crippen LogP contribution >= 0.6 is 0 Å². The van der Waals surface area contributed by atoms with Crippen LogP contribution in [-0.4, -0.2) is 24.4 Å². The molecule has 1 aromatic carbocycles. The Morgan fingerprint density at radius 1 is 1.17 bits per heavy atom. The van der Waals surface area contributed by atoms with E-state index in [9.17, 15) is 0 Å². The molecule has 0 radical (unpaired) electrons. The second kappa shape index (κ2) is 8.11. The molecule has 1 atom stereocenters. The number of rotatable bonds is 8. The molecule has 1 unspecified atom stereocenters. The minimum absolute atomic E-state index is 0.302. The first-order chi connectivity index (χ1) is 8.58. The lowest BCUT2D eigenvalue weighted by Gasteiger charge is -2.10. The monoisotopic (exact) mass is 251 g/mol. The molecule has 1 rings (SSSR count). The van der Waals surface area contributed by atoms with E-state index in [1.807, 2.05) is 12.1 Å². The smallest absolute Gasteiger partial charge is 0.119 e. The Balaban J connectivity index is 2.28. The SMILES string of the molecule is CC(C)CCOc1ccc(CNCC(C)O)cc1. The first-order valence-electron chi connectivity index (χ1n) is 6.68. The molecule has 3 nitrogen and oxygen atoms in total. The summed E-state index contributed by atoms with van der Waals surface area (Å²) >= 11 is 0. The average molecular weight is 251 g/mol. The summed E-state index contributed by atoms with van der Waals surface area (Å²) in [4.78, 5) is 0. The van der Waals surface area contributed by atoms with Crippen molar-refractivity contribution in [2.24, 2.45) is 5.92 Å². The van der Waals surface area contributed by atoms with Gasteiger partial charge in [0.05, 0.1) is 12.7 Å². The lowest BCUT2D eigenvalue weighted by atomic mass is 10.1. The highest BCUT2D eigenvalue weighted by molar-refractivity contribution is 5.27. The fourth-order valence-corrected chi connectivity index (χ4v) is 1.54. The lowest BCUT2D eigenvalue weighted by molar-refractivity contribution is 0.191. The van der Waals surface area contributed by atoms with Crippen molar-refractivity contribution in [3.63, 3.8) is 0 Å². The van der Waals surface area contributed by atoms with Crippen molar-refractivity contribution in [3.8, 4) is 5.75 Å². The Hall–Kier alpha value is -1.06. The van der Waals surface area contributed by atoms with Crippen LogP contribution in [0.4, 0.5) is 0 Å². The van der Waals surface area contributed by atoms with Crippen LogP contribution in [0.1, 0.15) is 32.8 Å². The van der Waals surface area contributed by atoms with Crippen molar-refractivity contribution in [2.45, 2.75) is 39.8 Å². The number of ether oxygens (including phenoxy) is 1. The molecule has 0 saturated carbocycles. The van der Waals surface area contributed by atoms with Gasteiger partial charge in [-0.25, -0.2) is 0 Å². The highest BCUT2D eigenvalue weighted by Crippen LogP contribution is 2.13.